The average molecular weight is 537 g/mol. The highest BCUT2D eigenvalue weighted by Gasteiger charge is 2.47. The Morgan fingerprint density at radius 3 is 2.26 bits per heavy atom. The Hall–Kier alpha value is -4.11. The number of methoxy groups -OCH3 is 4. The standard InChI is InChI=1S/C30H32O9/c1-16-12-18-13-21-25(38-15-37-21)26(35-5)22(18)23-19(14-20(33-3)24(34-4)27(23)36-6)28(30(16,2)32)39-29(31)17-10-8-7-9-11-17/h7-11,13-14,16,28,32H,12,15H2,1-6H3/t16?,28-,30-/m0/s1. The molecule has 0 saturated carbocycles. The summed E-state index contributed by atoms with van der Waals surface area (Å²) >= 11 is 0. The van der Waals surface area contributed by atoms with Gasteiger partial charge in [-0.25, -0.2) is 4.79 Å². The predicted octanol–water partition coefficient (Wildman–Crippen LogP) is 4.96. The van der Waals surface area contributed by atoms with E-state index in [1.807, 2.05) is 19.1 Å². The number of aliphatic hydroxyl groups is 1. The van der Waals surface area contributed by atoms with Crippen LogP contribution in [0.2, 0.25) is 0 Å². The van der Waals surface area contributed by atoms with Crippen LogP contribution in [0.4, 0.5) is 0 Å². The summed E-state index contributed by atoms with van der Waals surface area (Å²) in [6, 6.07) is 12.3. The first-order valence-corrected chi connectivity index (χ1v) is 12.6. The highest BCUT2D eigenvalue weighted by Crippen LogP contribution is 2.59. The van der Waals surface area contributed by atoms with E-state index in [9.17, 15) is 9.90 Å². The SMILES string of the molecule is COc1cc2c(c(OC)c1OC)-c1c(cc3c(c1OC)OCO3)CC(C)[C@](C)(O)[C@H]2OC(=O)c1ccccc1. The van der Waals surface area contributed by atoms with Crippen LogP contribution >= 0.6 is 0 Å². The molecule has 1 N–H and O–H groups in total. The molecule has 206 valence electrons. The van der Waals surface area contributed by atoms with Gasteiger partial charge in [0.25, 0.3) is 0 Å². The number of hydrogen-bond acceptors (Lipinski definition) is 9. The summed E-state index contributed by atoms with van der Waals surface area (Å²) in [5.74, 6) is 1.51. The van der Waals surface area contributed by atoms with E-state index in [1.54, 1.807) is 44.4 Å². The summed E-state index contributed by atoms with van der Waals surface area (Å²) in [7, 11) is 6.08. The van der Waals surface area contributed by atoms with Crippen molar-refractivity contribution in [1.29, 1.82) is 0 Å². The van der Waals surface area contributed by atoms with E-state index in [1.165, 1.54) is 21.3 Å². The summed E-state index contributed by atoms with van der Waals surface area (Å²) in [6.07, 6.45) is -0.710. The van der Waals surface area contributed by atoms with E-state index in [4.69, 9.17) is 33.2 Å². The minimum atomic E-state index is -1.51. The molecule has 0 aromatic heterocycles. The summed E-state index contributed by atoms with van der Waals surface area (Å²) in [4.78, 5) is 13.4. The summed E-state index contributed by atoms with van der Waals surface area (Å²) in [5.41, 5.74) is 1.34. The molecule has 1 unspecified atom stereocenters. The topological polar surface area (TPSA) is 102 Å². The lowest BCUT2D eigenvalue weighted by atomic mass is 9.73. The summed E-state index contributed by atoms with van der Waals surface area (Å²) < 4.78 is 40.9. The van der Waals surface area contributed by atoms with Crippen LogP contribution < -0.4 is 28.4 Å². The Balaban J connectivity index is 1.87. The van der Waals surface area contributed by atoms with Crippen LogP contribution in [0.3, 0.4) is 0 Å². The molecular formula is C30H32O9. The van der Waals surface area contributed by atoms with Gasteiger partial charge in [-0.2, -0.15) is 0 Å². The van der Waals surface area contributed by atoms with Crippen LogP contribution in [-0.2, 0) is 11.2 Å². The second-order valence-electron chi connectivity index (χ2n) is 9.77. The minimum absolute atomic E-state index is 0.0507. The van der Waals surface area contributed by atoms with E-state index in [0.29, 0.717) is 63.2 Å². The minimum Gasteiger partial charge on any atom is -0.493 e. The monoisotopic (exact) mass is 536 g/mol. The van der Waals surface area contributed by atoms with Crippen molar-refractivity contribution in [1.82, 2.24) is 0 Å². The molecule has 1 aliphatic carbocycles. The first-order chi connectivity index (χ1) is 18.8. The third-order valence-corrected chi connectivity index (χ3v) is 7.59. The lowest BCUT2D eigenvalue weighted by molar-refractivity contribution is -0.107. The predicted molar refractivity (Wildman–Crippen MR) is 142 cm³/mol. The molecule has 0 amide bonds. The molecule has 0 bridgehead atoms. The zero-order chi connectivity index (χ0) is 27.9. The number of ether oxygens (including phenoxy) is 7. The van der Waals surface area contributed by atoms with Crippen molar-refractivity contribution in [2.24, 2.45) is 5.92 Å². The molecule has 0 radical (unpaired) electrons. The van der Waals surface area contributed by atoms with Gasteiger partial charge in [0.2, 0.25) is 18.3 Å². The molecule has 9 nitrogen and oxygen atoms in total. The van der Waals surface area contributed by atoms with E-state index in [2.05, 4.69) is 0 Å². The molecule has 3 aromatic rings. The van der Waals surface area contributed by atoms with E-state index in [-0.39, 0.29) is 12.7 Å². The molecule has 1 heterocycles. The highest BCUT2D eigenvalue weighted by atomic mass is 16.7. The van der Waals surface area contributed by atoms with Crippen molar-refractivity contribution < 1.29 is 43.1 Å². The molecule has 3 aromatic carbocycles. The number of esters is 1. The number of fused-ring (bicyclic) bond motifs is 4. The van der Waals surface area contributed by atoms with E-state index >= 15 is 0 Å². The van der Waals surface area contributed by atoms with Crippen molar-refractivity contribution in [3.05, 3.63) is 59.2 Å². The quantitative estimate of drug-likeness (QED) is 0.438. The van der Waals surface area contributed by atoms with Crippen molar-refractivity contribution in [2.45, 2.75) is 32.0 Å². The smallest absolute Gasteiger partial charge is 0.338 e. The molecule has 5 rings (SSSR count). The van der Waals surface area contributed by atoms with Crippen molar-refractivity contribution in [2.75, 3.05) is 35.2 Å². The van der Waals surface area contributed by atoms with Gasteiger partial charge in [-0.15, -0.1) is 0 Å². The Kier molecular flexibility index (Phi) is 6.94. The normalized spacial score (nSPS) is 21.1. The second kappa shape index (κ2) is 10.2. The van der Waals surface area contributed by atoms with E-state index < -0.39 is 17.7 Å². The maximum absolute atomic E-state index is 13.4. The van der Waals surface area contributed by atoms with Gasteiger partial charge in [-0.3, -0.25) is 0 Å². The van der Waals surface area contributed by atoms with Gasteiger partial charge in [0.15, 0.2) is 29.1 Å². The van der Waals surface area contributed by atoms with Gasteiger partial charge in [0.1, 0.15) is 5.60 Å². The summed E-state index contributed by atoms with van der Waals surface area (Å²) in [6.45, 7) is 3.63. The van der Waals surface area contributed by atoms with Crippen LogP contribution in [-0.4, -0.2) is 51.9 Å². The van der Waals surface area contributed by atoms with E-state index in [0.717, 1.165) is 5.56 Å². The first-order valence-electron chi connectivity index (χ1n) is 12.6. The lowest BCUT2D eigenvalue weighted by Gasteiger charge is -2.41. The Morgan fingerprint density at radius 2 is 1.62 bits per heavy atom. The maximum Gasteiger partial charge on any atom is 0.338 e. The zero-order valence-corrected chi connectivity index (χ0v) is 22.8. The van der Waals surface area contributed by atoms with Crippen LogP contribution in [0.25, 0.3) is 11.1 Å². The fraction of sp³-hybridized carbons (Fsp3) is 0.367. The molecule has 0 fully saturated rings. The van der Waals surface area contributed by atoms with Crippen molar-refractivity contribution in [3.8, 4) is 45.6 Å². The lowest BCUT2D eigenvalue weighted by Crippen LogP contribution is -2.43. The van der Waals surface area contributed by atoms with Gasteiger partial charge >= 0.3 is 5.97 Å². The first kappa shape index (κ1) is 26.5. The zero-order valence-electron chi connectivity index (χ0n) is 22.8. The van der Waals surface area contributed by atoms with Crippen molar-refractivity contribution in [3.63, 3.8) is 0 Å². The largest absolute Gasteiger partial charge is 0.493 e. The number of carbonyl (C=O) groups is 1. The van der Waals surface area contributed by atoms with Crippen LogP contribution in [0.5, 0.6) is 34.5 Å². The van der Waals surface area contributed by atoms with Gasteiger partial charge in [0.05, 0.1) is 34.0 Å². The van der Waals surface area contributed by atoms with Crippen LogP contribution in [0.15, 0.2) is 42.5 Å². The molecule has 9 heteroatoms. The van der Waals surface area contributed by atoms with Gasteiger partial charge in [-0.1, -0.05) is 25.1 Å². The highest BCUT2D eigenvalue weighted by molar-refractivity contribution is 5.91. The molecule has 39 heavy (non-hydrogen) atoms. The maximum atomic E-state index is 13.4. The Labute approximate surface area is 227 Å². The summed E-state index contributed by atoms with van der Waals surface area (Å²) in [5, 5.41) is 12.1. The van der Waals surface area contributed by atoms with Gasteiger partial charge in [0, 0.05) is 16.7 Å². The number of hydrogen-bond donors (Lipinski definition) is 1. The number of benzene rings is 3. The Morgan fingerprint density at radius 1 is 0.923 bits per heavy atom. The fourth-order valence-corrected chi connectivity index (χ4v) is 5.37. The molecule has 0 spiro atoms. The molecule has 1 aliphatic heterocycles. The number of rotatable bonds is 6. The van der Waals surface area contributed by atoms with Crippen LogP contribution in [0, 0.1) is 5.92 Å². The third kappa shape index (κ3) is 4.27. The molecule has 3 atom stereocenters. The number of carbonyl (C=O) groups excluding carboxylic acids is 1. The molecular weight excluding hydrogens is 504 g/mol. The average Bonchev–Trinajstić information content (AvgIpc) is 3.42. The molecule has 2 aliphatic rings. The van der Waals surface area contributed by atoms with Crippen LogP contribution in [0.1, 0.15) is 41.4 Å². The van der Waals surface area contributed by atoms with Gasteiger partial charge < -0.3 is 38.3 Å². The Bertz CT molecular complexity index is 1400. The third-order valence-electron chi connectivity index (χ3n) is 7.59. The van der Waals surface area contributed by atoms with Gasteiger partial charge in [-0.05, 0) is 49.1 Å². The van der Waals surface area contributed by atoms with Crippen molar-refractivity contribution >= 4 is 5.97 Å². The fourth-order valence-electron chi connectivity index (χ4n) is 5.37. The molecule has 0 saturated heterocycles. The second-order valence-corrected chi connectivity index (χ2v) is 9.77.